The van der Waals surface area contributed by atoms with Crippen molar-refractivity contribution in [3.05, 3.63) is 92.4 Å². The SMILES string of the molecule is CC[C@H](C(=O)NC)N(Cc1ccc(Cl)cc1Cl)C(=O)CN(c1cccc(Br)c1)S(=O)(=O)c1ccc(C)cc1. The number of likely N-dealkylation sites (N-methyl/N-ethyl adjacent to an activating group) is 1. The highest BCUT2D eigenvalue weighted by Crippen LogP contribution is 2.28. The van der Waals surface area contributed by atoms with Gasteiger partial charge in [0.15, 0.2) is 0 Å². The van der Waals surface area contributed by atoms with Crippen molar-refractivity contribution in [1.29, 1.82) is 0 Å². The number of hydrogen-bond donors (Lipinski definition) is 1. The average Bonchev–Trinajstić information content (AvgIpc) is 2.88. The minimum absolute atomic E-state index is 0.0162. The molecule has 0 bridgehead atoms. The molecule has 3 aromatic carbocycles. The summed E-state index contributed by atoms with van der Waals surface area (Å²) in [6, 6.07) is 17.1. The van der Waals surface area contributed by atoms with Crippen LogP contribution in [0.3, 0.4) is 0 Å². The Morgan fingerprint density at radius 1 is 1.03 bits per heavy atom. The third kappa shape index (κ3) is 7.08. The lowest BCUT2D eigenvalue weighted by molar-refractivity contribution is -0.140. The molecule has 0 unspecified atom stereocenters. The van der Waals surface area contributed by atoms with E-state index in [2.05, 4.69) is 21.2 Å². The van der Waals surface area contributed by atoms with Crippen LogP contribution in [0.15, 0.2) is 76.1 Å². The molecule has 2 amide bonds. The number of sulfonamides is 1. The average molecular weight is 641 g/mol. The van der Waals surface area contributed by atoms with Crippen LogP contribution < -0.4 is 9.62 Å². The lowest BCUT2D eigenvalue weighted by atomic mass is 10.1. The predicted octanol–water partition coefficient (Wildman–Crippen LogP) is 5.81. The van der Waals surface area contributed by atoms with Crippen molar-refractivity contribution in [1.82, 2.24) is 10.2 Å². The van der Waals surface area contributed by atoms with Gasteiger partial charge in [-0.3, -0.25) is 13.9 Å². The fraction of sp³-hybridized carbons (Fsp3) is 0.259. The zero-order chi connectivity index (χ0) is 28.0. The zero-order valence-electron chi connectivity index (χ0n) is 21.1. The van der Waals surface area contributed by atoms with Crippen LogP contribution in [0.25, 0.3) is 0 Å². The molecule has 0 spiro atoms. The van der Waals surface area contributed by atoms with Crippen LogP contribution in [0.5, 0.6) is 0 Å². The van der Waals surface area contributed by atoms with Crippen LogP contribution in [0, 0.1) is 6.92 Å². The second-order valence-corrected chi connectivity index (χ2v) is 12.2. The lowest BCUT2D eigenvalue weighted by Crippen LogP contribution is -2.51. The molecule has 0 aromatic heterocycles. The summed E-state index contributed by atoms with van der Waals surface area (Å²) in [5.41, 5.74) is 1.77. The largest absolute Gasteiger partial charge is 0.357 e. The van der Waals surface area contributed by atoms with E-state index in [1.54, 1.807) is 61.5 Å². The summed E-state index contributed by atoms with van der Waals surface area (Å²) >= 11 is 15.8. The van der Waals surface area contributed by atoms with E-state index in [-0.39, 0.29) is 17.3 Å². The highest BCUT2D eigenvalue weighted by molar-refractivity contribution is 9.10. The summed E-state index contributed by atoms with van der Waals surface area (Å²) in [6.45, 7) is 3.08. The van der Waals surface area contributed by atoms with Crippen molar-refractivity contribution in [2.75, 3.05) is 17.9 Å². The van der Waals surface area contributed by atoms with E-state index in [9.17, 15) is 18.0 Å². The van der Waals surface area contributed by atoms with Gasteiger partial charge in [0.1, 0.15) is 12.6 Å². The van der Waals surface area contributed by atoms with Crippen molar-refractivity contribution in [3.63, 3.8) is 0 Å². The number of carbonyl (C=O) groups is 2. The summed E-state index contributed by atoms with van der Waals surface area (Å²) in [6.07, 6.45) is 0.304. The van der Waals surface area contributed by atoms with Crippen LogP contribution in [-0.2, 0) is 26.2 Å². The van der Waals surface area contributed by atoms with Gasteiger partial charge in [-0.05, 0) is 61.4 Å². The van der Waals surface area contributed by atoms with Crippen molar-refractivity contribution in [2.45, 2.75) is 37.8 Å². The first-order chi connectivity index (χ1) is 18.0. The molecule has 1 atom stereocenters. The van der Waals surface area contributed by atoms with E-state index in [1.807, 2.05) is 6.92 Å². The Hall–Kier alpha value is -2.59. The van der Waals surface area contributed by atoms with Crippen molar-refractivity contribution in [2.24, 2.45) is 0 Å². The Morgan fingerprint density at radius 2 is 1.71 bits per heavy atom. The van der Waals surface area contributed by atoms with Gasteiger partial charge in [-0.15, -0.1) is 0 Å². The smallest absolute Gasteiger partial charge is 0.264 e. The Balaban J connectivity index is 2.08. The first-order valence-electron chi connectivity index (χ1n) is 11.8. The third-order valence-corrected chi connectivity index (χ3v) is 8.84. The highest BCUT2D eigenvalue weighted by Gasteiger charge is 2.33. The fourth-order valence-corrected chi connectivity index (χ4v) is 6.18. The van der Waals surface area contributed by atoms with Gasteiger partial charge in [-0.1, -0.05) is 75.9 Å². The van der Waals surface area contributed by atoms with E-state index in [1.165, 1.54) is 24.1 Å². The molecule has 3 rings (SSSR count). The molecule has 0 fully saturated rings. The van der Waals surface area contributed by atoms with Crippen LogP contribution in [0.4, 0.5) is 5.69 Å². The first kappa shape index (κ1) is 30.0. The molecule has 0 radical (unpaired) electrons. The summed E-state index contributed by atoms with van der Waals surface area (Å²) < 4.78 is 29.3. The van der Waals surface area contributed by atoms with Gasteiger partial charge in [-0.2, -0.15) is 0 Å². The van der Waals surface area contributed by atoms with Gasteiger partial charge in [0.25, 0.3) is 10.0 Å². The van der Waals surface area contributed by atoms with Gasteiger partial charge in [0.05, 0.1) is 10.6 Å². The molecule has 7 nitrogen and oxygen atoms in total. The van der Waals surface area contributed by atoms with E-state index in [0.717, 1.165) is 9.87 Å². The molecule has 202 valence electrons. The van der Waals surface area contributed by atoms with Crippen molar-refractivity contribution in [3.8, 4) is 0 Å². The number of amides is 2. The summed E-state index contributed by atoms with van der Waals surface area (Å²) in [5, 5.41) is 3.35. The quantitative estimate of drug-likeness (QED) is 0.303. The minimum Gasteiger partial charge on any atom is -0.357 e. The molecule has 0 saturated heterocycles. The summed E-state index contributed by atoms with van der Waals surface area (Å²) in [4.78, 5) is 28.1. The molecule has 0 saturated carbocycles. The molecule has 3 aromatic rings. The second kappa shape index (κ2) is 13.0. The van der Waals surface area contributed by atoms with Gasteiger partial charge in [0.2, 0.25) is 11.8 Å². The number of nitrogens with zero attached hydrogens (tertiary/aromatic N) is 2. The van der Waals surface area contributed by atoms with Gasteiger partial charge >= 0.3 is 0 Å². The molecule has 0 aliphatic heterocycles. The number of anilines is 1. The first-order valence-corrected chi connectivity index (χ1v) is 14.8. The number of aryl methyl sites for hydroxylation is 1. The molecular weight excluding hydrogens is 613 g/mol. The third-order valence-electron chi connectivity index (χ3n) is 5.97. The molecular formula is C27H28BrCl2N3O4S. The number of carbonyl (C=O) groups excluding carboxylic acids is 2. The Kier molecular flexibility index (Phi) is 10.2. The van der Waals surface area contributed by atoms with Gasteiger partial charge < -0.3 is 10.2 Å². The highest BCUT2D eigenvalue weighted by atomic mass is 79.9. The van der Waals surface area contributed by atoms with Crippen LogP contribution in [-0.4, -0.2) is 44.8 Å². The van der Waals surface area contributed by atoms with Crippen LogP contribution >= 0.6 is 39.1 Å². The van der Waals surface area contributed by atoms with Gasteiger partial charge in [-0.25, -0.2) is 8.42 Å². The Morgan fingerprint density at radius 3 is 2.29 bits per heavy atom. The number of halogens is 3. The molecule has 0 aliphatic rings. The molecule has 11 heteroatoms. The van der Waals surface area contributed by atoms with E-state index in [0.29, 0.717) is 32.2 Å². The Labute approximate surface area is 241 Å². The number of nitrogens with one attached hydrogen (secondary N) is 1. The lowest BCUT2D eigenvalue weighted by Gasteiger charge is -2.33. The normalized spacial score (nSPS) is 12.1. The summed E-state index contributed by atoms with van der Waals surface area (Å²) in [5.74, 6) is -0.941. The minimum atomic E-state index is -4.14. The summed E-state index contributed by atoms with van der Waals surface area (Å²) in [7, 11) is -2.66. The number of hydrogen-bond acceptors (Lipinski definition) is 4. The maximum absolute atomic E-state index is 13.9. The number of rotatable bonds is 10. The molecule has 1 N–H and O–H groups in total. The second-order valence-electron chi connectivity index (χ2n) is 8.60. The van der Waals surface area contributed by atoms with E-state index < -0.39 is 28.5 Å². The van der Waals surface area contributed by atoms with Crippen LogP contribution in [0.2, 0.25) is 10.0 Å². The molecule has 0 aliphatic carbocycles. The van der Waals surface area contributed by atoms with Crippen molar-refractivity contribution >= 4 is 66.7 Å². The van der Waals surface area contributed by atoms with Gasteiger partial charge in [0, 0.05) is 28.1 Å². The van der Waals surface area contributed by atoms with E-state index >= 15 is 0 Å². The molecule has 0 heterocycles. The number of benzene rings is 3. The monoisotopic (exact) mass is 639 g/mol. The van der Waals surface area contributed by atoms with Crippen LogP contribution in [0.1, 0.15) is 24.5 Å². The maximum Gasteiger partial charge on any atom is 0.264 e. The zero-order valence-corrected chi connectivity index (χ0v) is 25.0. The Bertz CT molecular complexity index is 1420. The maximum atomic E-state index is 13.9. The van der Waals surface area contributed by atoms with E-state index in [4.69, 9.17) is 23.2 Å². The fourth-order valence-electron chi connectivity index (χ4n) is 3.92. The van der Waals surface area contributed by atoms with Crippen molar-refractivity contribution < 1.29 is 18.0 Å². The standard InChI is InChI=1S/C27H28BrCl2N3O4S/c1-4-25(27(35)31-3)32(16-19-10-11-21(29)15-24(19)30)26(34)17-33(22-7-5-6-20(28)14-22)38(36,37)23-12-8-18(2)9-13-23/h5-15,25H,4,16-17H2,1-3H3,(H,31,35)/t25-/m1/s1. The molecule has 38 heavy (non-hydrogen) atoms. The predicted molar refractivity (Wildman–Crippen MR) is 155 cm³/mol. The topological polar surface area (TPSA) is 86.8 Å².